The molecule has 0 aromatic heterocycles. The van der Waals surface area contributed by atoms with Crippen LogP contribution < -0.4 is 5.32 Å². The van der Waals surface area contributed by atoms with E-state index in [1.165, 1.54) is 6.07 Å². The van der Waals surface area contributed by atoms with Crippen molar-refractivity contribution in [2.24, 2.45) is 4.99 Å². The first-order valence-corrected chi connectivity index (χ1v) is 10.3. The second kappa shape index (κ2) is 9.50. The molecule has 1 aromatic carbocycles. The van der Waals surface area contributed by atoms with Crippen molar-refractivity contribution in [2.75, 3.05) is 52.9 Å². The Morgan fingerprint density at radius 1 is 1.15 bits per heavy atom. The molecule has 1 aromatic rings. The quantitative estimate of drug-likeness (QED) is 0.574. The molecular formula is C19H27BrFN5O. The highest BCUT2D eigenvalue weighted by Crippen LogP contribution is 2.16. The minimum atomic E-state index is -0.263. The molecular weight excluding hydrogens is 413 g/mol. The molecule has 3 rings (SSSR count). The zero-order valence-corrected chi connectivity index (χ0v) is 17.3. The van der Waals surface area contributed by atoms with Crippen LogP contribution in [0, 0.1) is 5.82 Å². The standard InChI is InChI=1S/C19H27BrFN5O/c1-22-19(23-13-15-4-5-16(20)17(21)12-15)26-10-8-24(9-11-26)14-18(27)25-6-2-3-7-25/h4-5,12H,2-3,6-11,13-14H2,1H3,(H,22,23). The van der Waals surface area contributed by atoms with Gasteiger partial charge in [0.2, 0.25) is 5.91 Å². The maximum atomic E-state index is 13.6. The van der Waals surface area contributed by atoms with E-state index in [-0.39, 0.29) is 11.7 Å². The summed E-state index contributed by atoms with van der Waals surface area (Å²) in [6.45, 7) is 6.17. The van der Waals surface area contributed by atoms with Gasteiger partial charge < -0.3 is 15.1 Å². The number of nitrogens with zero attached hydrogens (tertiary/aromatic N) is 4. The number of likely N-dealkylation sites (tertiary alicyclic amines) is 1. The van der Waals surface area contributed by atoms with E-state index in [1.807, 2.05) is 11.0 Å². The third-order valence-corrected chi connectivity index (χ3v) is 5.78. The van der Waals surface area contributed by atoms with Crippen LogP contribution in [0.1, 0.15) is 18.4 Å². The molecule has 2 saturated heterocycles. The maximum absolute atomic E-state index is 13.6. The monoisotopic (exact) mass is 439 g/mol. The largest absolute Gasteiger partial charge is 0.352 e. The fourth-order valence-corrected chi connectivity index (χ4v) is 3.79. The molecule has 27 heavy (non-hydrogen) atoms. The van der Waals surface area contributed by atoms with Crippen LogP contribution in [-0.4, -0.2) is 79.4 Å². The number of carbonyl (C=O) groups excluding carboxylic acids is 1. The number of aliphatic imine (C=N–C) groups is 1. The topological polar surface area (TPSA) is 51.2 Å². The minimum absolute atomic E-state index is 0.251. The van der Waals surface area contributed by atoms with Crippen molar-refractivity contribution >= 4 is 27.8 Å². The molecule has 0 bridgehead atoms. The van der Waals surface area contributed by atoms with E-state index in [9.17, 15) is 9.18 Å². The highest BCUT2D eigenvalue weighted by atomic mass is 79.9. The Hall–Kier alpha value is -1.67. The highest BCUT2D eigenvalue weighted by Gasteiger charge is 2.24. The fourth-order valence-electron chi connectivity index (χ4n) is 3.54. The molecule has 6 nitrogen and oxygen atoms in total. The van der Waals surface area contributed by atoms with Gasteiger partial charge in [-0.1, -0.05) is 6.07 Å². The molecule has 0 radical (unpaired) electrons. The van der Waals surface area contributed by atoms with Crippen LogP contribution in [-0.2, 0) is 11.3 Å². The molecule has 148 valence electrons. The van der Waals surface area contributed by atoms with Gasteiger partial charge in [-0.3, -0.25) is 14.7 Å². The van der Waals surface area contributed by atoms with Gasteiger partial charge in [-0.25, -0.2) is 4.39 Å². The predicted octanol–water partition coefficient (Wildman–Crippen LogP) is 1.90. The number of carbonyl (C=O) groups is 1. The number of hydrogen-bond acceptors (Lipinski definition) is 3. The van der Waals surface area contributed by atoms with Crippen LogP contribution in [0.2, 0.25) is 0 Å². The number of benzene rings is 1. The Morgan fingerprint density at radius 3 is 2.48 bits per heavy atom. The third kappa shape index (κ3) is 5.42. The summed E-state index contributed by atoms with van der Waals surface area (Å²) in [4.78, 5) is 23.0. The molecule has 0 atom stereocenters. The van der Waals surface area contributed by atoms with Crippen LogP contribution in [0.4, 0.5) is 4.39 Å². The zero-order chi connectivity index (χ0) is 19.2. The summed E-state index contributed by atoms with van der Waals surface area (Å²) in [5, 5.41) is 3.30. The van der Waals surface area contributed by atoms with Gasteiger partial charge in [0.05, 0.1) is 11.0 Å². The minimum Gasteiger partial charge on any atom is -0.352 e. The van der Waals surface area contributed by atoms with E-state index in [2.05, 4.69) is 36.0 Å². The van der Waals surface area contributed by atoms with Crippen LogP contribution in [0.25, 0.3) is 0 Å². The van der Waals surface area contributed by atoms with E-state index < -0.39 is 0 Å². The number of guanidine groups is 1. The van der Waals surface area contributed by atoms with Crippen molar-refractivity contribution in [2.45, 2.75) is 19.4 Å². The van der Waals surface area contributed by atoms with Crippen molar-refractivity contribution in [3.8, 4) is 0 Å². The van der Waals surface area contributed by atoms with Crippen molar-refractivity contribution in [3.05, 3.63) is 34.1 Å². The van der Waals surface area contributed by atoms with Crippen molar-refractivity contribution in [1.29, 1.82) is 0 Å². The van der Waals surface area contributed by atoms with Crippen LogP contribution in [0.3, 0.4) is 0 Å². The van der Waals surface area contributed by atoms with E-state index in [0.29, 0.717) is 17.6 Å². The molecule has 2 aliphatic heterocycles. The van der Waals surface area contributed by atoms with Crippen molar-refractivity contribution in [3.63, 3.8) is 0 Å². The average Bonchev–Trinajstić information content (AvgIpc) is 3.21. The molecule has 0 spiro atoms. The Morgan fingerprint density at radius 2 is 1.85 bits per heavy atom. The maximum Gasteiger partial charge on any atom is 0.236 e. The van der Waals surface area contributed by atoms with Gasteiger partial charge in [-0.2, -0.15) is 0 Å². The number of halogens is 2. The van der Waals surface area contributed by atoms with Gasteiger partial charge in [-0.05, 0) is 46.5 Å². The second-order valence-corrected chi connectivity index (χ2v) is 7.85. The van der Waals surface area contributed by atoms with Gasteiger partial charge >= 0.3 is 0 Å². The normalized spacial score (nSPS) is 18.9. The second-order valence-electron chi connectivity index (χ2n) is 7.00. The predicted molar refractivity (Wildman–Crippen MR) is 108 cm³/mol. The first-order chi connectivity index (χ1) is 13.1. The smallest absolute Gasteiger partial charge is 0.236 e. The summed E-state index contributed by atoms with van der Waals surface area (Å²) in [5.41, 5.74) is 0.867. The van der Waals surface area contributed by atoms with Gasteiger partial charge in [-0.15, -0.1) is 0 Å². The molecule has 0 saturated carbocycles. The highest BCUT2D eigenvalue weighted by molar-refractivity contribution is 9.10. The summed E-state index contributed by atoms with van der Waals surface area (Å²) in [7, 11) is 1.76. The molecule has 1 N–H and O–H groups in total. The average molecular weight is 440 g/mol. The molecule has 2 heterocycles. The Kier molecular flexibility index (Phi) is 7.07. The van der Waals surface area contributed by atoms with Crippen molar-refractivity contribution in [1.82, 2.24) is 20.0 Å². The Balaban J connectivity index is 1.45. The number of amides is 1. The van der Waals surface area contributed by atoms with Gasteiger partial charge in [0.15, 0.2) is 5.96 Å². The van der Waals surface area contributed by atoms with E-state index in [1.54, 1.807) is 13.1 Å². The molecule has 1 amide bonds. The SMILES string of the molecule is CN=C(NCc1ccc(Br)c(F)c1)N1CCN(CC(=O)N2CCCC2)CC1. The zero-order valence-electron chi connectivity index (χ0n) is 15.8. The first kappa shape index (κ1) is 20.1. The summed E-state index contributed by atoms with van der Waals surface area (Å²) >= 11 is 3.17. The van der Waals surface area contributed by atoms with Gasteiger partial charge in [0, 0.05) is 52.9 Å². The molecule has 2 aliphatic rings. The number of piperazine rings is 1. The summed E-state index contributed by atoms with van der Waals surface area (Å²) in [5.74, 6) is 0.796. The summed E-state index contributed by atoms with van der Waals surface area (Å²) in [6.07, 6.45) is 2.26. The molecule has 0 unspecified atom stereocenters. The number of hydrogen-bond donors (Lipinski definition) is 1. The van der Waals surface area contributed by atoms with Gasteiger partial charge in [0.1, 0.15) is 5.82 Å². The number of nitrogens with one attached hydrogen (secondary N) is 1. The number of rotatable bonds is 4. The van der Waals surface area contributed by atoms with Gasteiger partial charge in [0.25, 0.3) is 0 Å². The lowest BCUT2D eigenvalue weighted by Gasteiger charge is -2.36. The Bertz CT molecular complexity index is 685. The molecule has 0 aliphatic carbocycles. The molecule has 8 heteroatoms. The molecule has 2 fully saturated rings. The fraction of sp³-hybridized carbons (Fsp3) is 0.579. The van der Waals surface area contributed by atoms with E-state index in [0.717, 1.165) is 63.6 Å². The van der Waals surface area contributed by atoms with Crippen LogP contribution >= 0.6 is 15.9 Å². The van der Waals surface area contributed by atoms with Crippen LogP contribution in [0.15, 0.2) is 27.7 Å². The lowest BCUT2D eigenvalue weighted by Crippen LogP contribution is -2.54. The lowest BCUT2D eigenvalue weighted by atomic mass is 10.2. The van der Waals surface area contributed by atoms with Crippen LogP contribution in [0.5, 0.6) is 0 Å². The first-order valence-electron chi connectivity index (χ1n) is 9.46. The van der Waals surface area contributed by atoms with E-state index in [4.69, 9.17) is 0 Å². The van der Waals surface area contributed by atoms with Crippen molar-refractivity contribution < 1.29 is 9.18 Å². The summed E-state index contributed by atoms with van der Waals surface area (Å²) < 4.78 is 14.1. The lowest BCUT2D eigenvalue weighted by molar-refractivity contribution is -0.131. The summed E-state index contributed by atoms with van der Waals surface area (Å²) in [6, 6.07) is 5.12. The van der Waals surface area contributed by atoms with E-state index >= 15 is 0 Å². The third-order valence-electron chi connectivity index (χ3n) is 5.14. The Labute approximate surface area is 168 Å².